The Morgan fingerprint density at radius 1 is 1.28 bits per heavy atom. The zero-order valence-corrected chi connectivity index (χ0v) is 12.3. The first-order valence-corrected chi connectivity index (χ1v) is 6.59. The maximum atomic E-state index is 7.47. The Balaban J connectivity index is 2.37. The molecule has 3 N–H and O–H groups in total. The smallest absolute Gasteiger partial charge is 0.230 e. The SMILES string of the molecule is N=C(N)c1cccnc1Oc1ccc(Br)cc1Br. The number of nitrogens with zero attached hydrogens (tertiary/aromatic N) is 1. The zero-order valence-electron chi connectivity index (χ0n) is 9.15. The van der Waals surface area contributed by atoms with Crippen LogP contribution in [0.3, 0.4) is 0 Å². The van der Waals surface area contributed by atoms with Crippen LogP contribution in [0.1, 0.15) is 5.56 Å². The lowest BCUT2D eigenvalue weighted by Gasteiger charge is -2.10. The van der Waals surface area contributed by atoms with Gasteiger partial charge < -0.3 is 10.5 Å². The van der Waals surface area contributed by atoms with E-state index in [0.29, 0.717) is 17.2 Å². The molecule has 1 aromatic heterocycles. The first-order valence-electron chi connectivity index (χ1n) is 5.00. The predicted octanol–water partition coefficient (Wildman–Crippen LogP) is 3.68. The number of aromatic nitrogens is 1. The third kappa shape index (κ3) is 2.88. The van der Waals surface area contributed by atoms with Crippen LogP contribution in [0.4, 0.5) is 0 Å². The van der Waals surface area contributed by atoms with Crippen molar-refractivity contribution in [3.8, 4) is 11.6 Å². The largest absolute Gasteiger partial charge is 0.437 e. The average Bonchev–Trinajstić information content (AvgIpc) is 2.33. The van der Waals surface area contributed by atoms with E-state index in [1.165, 1.54) is 0 Å². The lowest BCUT2D eigenvalue weighted by Crippen LogP contribution is -2.12. The summed E-state index contributed by atoms with van der Waals surface area (Å²) in [5.41, 5.74) is 5.94. The molecule has 2 aromatic rings. The van der Waals surface area contributed by atoms with Gasteiger partial charge in [0, 0.05) is 10.7 Å². The summed E-state index contributed by atoms with van der Waals surface area (Å²) >= 11 is 6.76. The van der Waals surface area contributed by atoms with Gasteiger partial charge in [-0.1, -0.05) is 15.9 Å². The van der Waals surface area contributed by atoms with E-state index in [9.17, 15) is 0 Å². The maximum absolute atomic E-state index is 7.47. The number of ether oxygens (including phenoxy) is 1. The summed E-state index contributed by atoms with van der Waals surface area (Å²) in [4.78, 5) is 4.08. The summed E-state index contributed by atoms with van der Waals surface area (Å²) in [5, 5.41) is 7.47. The van der Waals surface area contributed by atoms with Crippen LogP contribution in [0.2, 0.25) is 0 Å². The van der Waals surface area contributed by atoms with Crippen LogP contribution in [-0.4, -0.2) is 10.8 Å². The van der Waals surface area contributed by atoms with E-state index in [4.69, 9.17) is 15.9 Å². The highest BCUT2D eigenvalue weighted by Gasteiger charge is 2.10. The van der Waals surface area contributed by atoms with Crippen molar-refractivity contribution in [3.63, 3.8) is 0 Å². The summed E-state index contributed by atoms with van der Waals surface area (Å²) in [5.74, 6) is 0.846. The monoisotopic (exact) mass is 369 g/mol. The fourth-order valence-electron chi connectivity index (χ4n) is 1.34. The van der Waals surface area contributed by atoms with Crippen LogP contribution in [0, 0.1) is 5.41 Å². The van der Waals surface area contributed by atoms with Crippen molar-refractivity contribution in [1.29, 1.82) is 5.41 Å². The topological polar surface area (TPSA) is 72.0 Å². The Kier molecular flexibility index (Phi) is 3.98. The second-order valence-corrected chi connectivity index (χ2v) is 5.22. The van der Waals surface area contributed by atoms with E-state index in [1.807, 2.05) is 12.1 Å². The van der Waals surface area contributed by atoms with Crippen molar-refractivity contribution in [1.82, 2.24) is 4.98 Å². The molecule has 1 heterocycles. The van der Waals surface area contributed by atoms with Gasteiger partial charge in [-0.3, -0.25) is 5.41 Å². The van der Waals surface area contributed by atoms with E-state index < -0.39 is 0 Å². The summed E-state index contributed by atoms with van der Waals surface area (Å²) < 4.78 is 7.39. The molecule has 92 valence electrons. The molecule has 0 amide bonds. The van der Waals surface area contributed by atoms with Gasteiger partial charge in [0.05, 0.1) is 10.0 Å². The molecule has 6 heteroatoms. The summed E-state index contributed by atoms with van der Waals surface area (Å²) in [7, 11) is 0. The minimum absolute atomic E-state index is 0.0775. The van der Waals surface area contributed by atoms with Crippen molar-refractivity contribution in [2.45, 2.75) is 0 Å². The van der Waals surface area contributed by atoms with Gasteiger partial charge in [0.15, 0.2) is 0 Å². The maximum Gasteiger partial charge on any atom is 0.230 e. The molecule has 4 nitrogen and oxygen atoms in total. The summed E-state index contributed by atoms with van der Waals surface area (Å²) in [6.45, 7) is 0. The van der Waals surface area contributed by atoms with Gasteiger partial charge in [-0.25, -0.2) is 4.98 Å². The first kappa shape index (κ1) is 13.0. The van der Waals surface area contributed by atoms with Crippen LogP contribution in [0.5, 0.6) is 11.6 Å². The van der Waals surface area contributed by atoms with E-state index in [2.05, 4.69) is 36.8 Å². The van der Waals surface area contributed by atoms with E-state index in [0.717, 1.165) is 8.95 Å². The Bertz CT molecular complexity index is 602. The van der Waals surface area contributed by atoms with Crippen LogP contribution in [0.25, 0.3) is 0 Å². The molecule has 0 spiro atoms. The number of amidine groups is 1. The Labute approximate surface area is 121 Å². The molecule has 0 saturated carbocycles. The molecule has 0 fully saturated rings. The van der Waals surface area contributed by atoms with Crippen molar-refractivity contribution in [2.75, 3.05) is 0 Å². The molecule has 0 unspecified atom stereocenters. The third-order valence-corrected chi connectivity index (χ3v) is 3.27. The number of rotatable bonds is 3. The molecule has 0 saturated heterocycles. The van der Waals surface area contributed by atoms with Crippen LogP contribution in [0.15, 0.2) is 45.5 Å². The Hall–Kier alpha value is -1.40. The minimum Gasteiger partial charge on any atom is -0.437 e. The second-order valence-electron chi connectivity index (χ2n) is 3.45. The number of halogens is 2. The molecule has 0 aliphatic heterocycles. The average molecular weight is 371 g/mol. The van der Waals surface area contributed by atoms with E-state index in [-0.39, 0.29) is 5.84 Å². The van der Waals surface area contributed by atoms with Gasteiger partial charge in [0.1, 0.15) is 11.6 Å². The predicted molar refractivity (Wildman–Crippen MR) is 77.2 cm³/mol. The van der Waals surface area contributed by atoms with Crippen LogP contribution >= 0.6 is 31.9 Å². The standard InChI is InChI=1S/C12H9Br2N3O/c13-7-3-4-10(9(14)6-7)18-12-8(11(15)16)2-1-5-17-12/h1-6H,(H3,15,16). The van der Waals surface area contributed by atoms with Crippen molar-refractivity contribution < 1.29 is 4.74 Å². The first-order chi connectivity index (χ1) is 8.58. The fourth-order valence-corrected chi connectivity index (χ4v) is 2.47. The highest BCUT2D eigenvalue weighted by molar-refractivity contribution is 9.11. The highest BCUT2D eigenvalue weighted by atomic mass is 79.9. The quantitative estimate of drug-likeness (QED) is 0.639. The Morgan fingerprint density at radius 3 is 2.72 bits per heavy atom. The molecule has 0 aliphatic carbocycles. The number of nitrogens with one attached hydrogen (secondary N) is 1. The molecule has 18 heavy (non-hydrogen) atoms. The van der Waals surface area contributed by atoms with Gasteiger partial charge in [-0.15, -0.1) is 0 Å². The number of benzene rings is 1. The van der Waals surface area contributed by atoms with Gasteiger partial charge in [-0.05, 0) is 46.3 Å². The van der Waals surface area contributed by atoms with Crippen molar-refractivity contribution >= 4 is 37.7 Å². The molecular weight excluding hydrogens is 362 g/mol. The van der Waals surface area contributed by atoms with Crippen molar-refractivity contribution in [2.24, 2.45) is 5.73 Å². The fraction of sp³-hybridized carbons (Fsp3) is 0. The molecule has 0 atom stereocenters. The normalized spacial score (nSPS) is 10.1. The van der Waals surface area contributed by atoms with Gasteiger partial charge in [-0.2, -0.15) is 0 Å². The number of nitrogen functional groups attached to an aromatic ring is 1. The summed E-state index contributed by atoms with van der Waals surface area (Å²) in [6.07, 6.45) is 1.59. The van der Waals surface area contributed by atoms with Crippen LogP contribution < -0.4 is 10.5 Å². The molecule has 1 aromatic carbocycles. The highest BCUT2D eigenvalue weighted by Crippen LogP contribution is 2.32. The molecule has 0 radical (unpaired) electrons. The molecular formula is C12H9Br2N3O. The third-order valence-electron chi connectivity index (χ3n) is 2.16. The van der Waals surface area contributed by atoms with Gasteiger partial charge in [0.25, 0.3) is 0 Å². The van der Waals surface area contributed by atoms with Crippen LogP contribution in [-0.2, 0) is 0 Å². The van der Waals surface area contributed by atoms with E-state index in [1.54, 1.807) is 24.4 Å². The molecule has 2 rings (SSSR count). The zero-order chi connectivity index (χ0) is 13.1. The minimum atomic E-state index is -0.0775. The number of nitrogens with two attached hydrogens (primary N) is 1. The summed E-state index contributed by atoms with van der Waals surface area (Å²) in [6, 6.07) is 8.92. The second kappa shape index (κ2) is 5.49. The van der Waals surface area contributed by atoms with Gasteiger partial charge >= 0.3 is 0 Å². The Morgan fingerprint density at radius 2 is 2.06 bits per heavy atom. The number of pyridine rings is 1. The van der Waals surface area contributed by atoms with Gasteiger partial charge in [0.2, 0.25) is 5.88 Å². The van der Waals surface area contributed by atoms with Crippen molar-refractivity contribution in [3.05, 3.63) is 51.0 Å². The van der Waals surface area contributed by atoms with E-state index >= 15 is 0 Å². The lowest BCUT2D eigenvalue weighted by molar-refractivity contribution is 0.459. The lowest BCUT2D eigenvalue weighted by atomic mass is 10.2. The number of hydrogen-bond donors (Lipinski definition) is 2. The number of hydrogen-bond acceptors (Lipinski definition) is 3. The molecule has 0 aliphatic rings. The molecule has 0 bridgehead atoms.